The zero-order valence-electron chi connectivity index (χ0n) is 16.9. The fraction of sp³-hybridized carbons (Fsp3) is 0.400. The van der Waals surface area contributed by atoms with Crippen LogP contribution in [0, 0.1) is 0 Å². The molecule has 29 heavy (non-hydrogen) atoms. The Kier molecular flexibility index (Phi) is 7.21. The van der Waals surface area contributed by atoms with Gasteiger partial charge in [0.15, 0.2) is 7.28 Å². The van der Waals surface area contributed by atoms with Gasteiger partial charge < -0.3 is 20.4 Å². The van der Waals surface area contributed by atoms with E-state index < -0.39 is 6.04 Å². The summed E-state index contributed by atoms with van der Waals surface area (Å²) in [7, 11) is 4.19. The van der Waals surface area contributed by atoms with Gasteiger partial charge in [-0.25, -0.2) is 0 Å². The van der Waals surface area contributed by atoms with Crippen LogP contribution in [0.1, 0.15) is 16.6 Å². The van der Waals surface area contributed by atoms with Crippen LogP contribution in [0.2, 0.25) is 11.2 Å². The molecule has 6 nitrogen and oxygen atoms in total. The molecule has 2 N–H and O–H groups in total. The van der Waals surface area contributed by atoms with Gasteiger partial charge in [0.2, 0.25) is 5.91 Å². The Morgan fingerprint density at radius 2 is 1.90 bits per heavy atom. The molecule has 0 bridgehead atoms. The maximum atomic E-state index is 12.5. The van der Waals surface area contributed by atoms with E-state index in [4.69, 9.17) is 11.6 Å². The molecule has 1 aliphatic rings. The Balaban J connectivity index is 1.63. The topological polar surface area (TPSA) is 64.7 Å². The van der Waals surface area contributed by atoms with Gasteiger partial charge in [-0.1, -0.05) is 23.9 Å². The van der Waals surface area contributed by atoms with Gasteiger partial charge in [-0.3, -0.25) is 9.59 Å². The minimum absolute atomic E-state index is 0.268. The van der Waals surface area contributed by atoms with Crippen molar-refractivity contribution in [1.29, 1.82) is 0 Å². The molecule has 9 heteroatoms. The third-order valence-corrected chi connectivity index (χ3v) is 6.22. The SMILES string of the molecule is C[B]c1cc(NC(=O)C(C)NC(=O)c2ccc(Cl)s2)ccc1N1CCN(C)CC1. The summed E-state index contributed by atoms with van der Waals surface area (Å²) in [4.78, 5) is 29.9. The Bertz CT molecular complexity index is 883. The van der Waals surface area contributed by atoms with Crippen molar-refractivity contribution < 1.29 is 9.59 Å². The van der Waals surface area contributed by atoms with Crippen LogP contribution in [-0.4, -0.2) is 63.3 Å². The third-order valence-electron chi connectivity index (χ3n) is 4.99. The van der Waals surface area contributed by atoms with Crippen molar-refractivity contribution in [2.75, 3.05) is 43.4 Å². The van der Waals surface area contributed by atoms with E-state index in [9.17, 15) is 9.59 Å². The molecule has 153 valence electrons. The molecule has 1 atom stereocenters. The molecule has 2 aromatic rings. The smallest absolute Gasteiger partial charge is 0.262 e. The average Bonchev–Trinajstić information content (AvgIpc) is 3.15. The van der Waals surface area contributed by atoms with Crippen LogP contribution in [-0.2, 0) is 4.79 Å². The number of amides is 2. The van der Waals surface area contributed by atoms with Gasteiger partial charge in [0.05, 0.1) is 9.21 Å². The number of benzene rings is 1. The number of carbonyl (C=O) groups is 2. The molecule has 0 saturated carbocycles. The van der Waals surface area contributed by atoms with Crippen molar-refractivity contribution in [3.63, 3.8) is 0 Å². The summed E-state index contributed by atoms with van der Waals surface area (Å²) in [5, 5.41) is 5.60. The lowest BCUT2D eigenvalue weighted by Gasteiger charge is -2.35. The van der Waals surface area contributed by atoms with E-state index in [0.29, 0.717) is 14.9 Å². The monoisotopic (exact) mass is 431 g/mol. The number of piperazine rings is 1. The summed E-state index contributed by atoms with van der Waals surface area (Å²) >= 11 is 7.05. The maximum absolute atomic E-state index is 12.5. The Morgan fingerprint density at radius 1 is 1.17 bits per heavy atom. The number of carbonyl (C=O) groups excluding carboxylic acids is 2. The number of hydrogen-bond donors (Lipinski definition) is 2. The minimum atomic E-state index is -0.672. The Labute approximate surface area is 181 Å². The molecule has 1 aliphatic heterocycles. The van der Waals surface area contributed by atoms with E-state index in [1.54, 1.807) is 19.1 Å². The minimum Gasteiger partial charge on any atom is -0.369 e. The van der Waals surface area contributed by atoms with Gasteiger partial charge in [0, 0.05) is 37.6 Å². The number of likely N-dealkylation sites (N-methyl/N-ethyl adjacent to an activating group) is 1. The first-order chi connectivity index (χ1) is 13.9. The van der Waals surface area contributed by atoms with Crippen LogP contribution in [0.15, 0.2) is 30.3 Å². The highest BCUT2D eigenvalue weighted by Gasteiger charge is 2.20. The summed E-state index contributed by atoms with van der Waals surface area (Å²) in [6, 6.07) is 8.57. The molecule has 1 fully saturated rings. The molecular weight excluding hydrogens is 407 g/mol. The van der Waals surface area contributed by atoms with Crippen LogP contribution in [0.25, 0.3) is 0 Å². The predicted octanol–water partition coefficient (Wildman–Crippen LogP) is 2.29. The van der Waals surface area contributed by atoms with Gasteiger partial charge >= 0.3 is 0 Å². The van der Waals surface area contributed by atoms with Crippen LogP contribution in [0.5, 0.6) is 0 Å². The summed E-state index contributed by atoms with van der Waals surface area (Å²) in [6.07, 6.45) is 0. The molecule has 3 rings (SSSR count). The van der Waals surface area contributed by atoms with Crippen molar-refractivity contribution in [1.82, 2.24) is 10.2 Å². The number of halogens is 1. The molecule has 1 aromatic carbocycles. The van der Waals surface area contributed by atoms with E-state index in [1.807, 2.05) is 25.0 Å². The van der Waals surface area contributed by atoms with Crippen molar-refractivity contribution >= 4 is 58.9 Å². The van der Waals surface area contributed by atoms with E-state index in [1.165, 1.54) is 17.0 Å². The second-order valence-corrected chi connectivity index (χ2v) is 8.86. The van der Waals surface area contributed by atoms with Crippen molar-refractivity contribution in [2.24, 2.45) is 0 Å². The molecule has 1 aromatic heterocycles. The average molecular weight is 432 g/mol. The first-order valence-electron chi connectivity index (χ1n) is 9.61. The first-order valence-corrected chi connectivity index (χ1v) is 10.8. The van der Waals surface area contributed by atoms with Gasteiger partial charge in [-0.05, 0) is 44.3 Å². The molecule has 0 spiro atoms. The fourth-order valence-electron chi connectivity index (χ4n) is 3.22. The normalized spacial score (nSPS) is 15.7. The molecule has 2 heterocycles. The van der Waals surface area contributed by atoms with Gasteiger partial charge in [-0.2, -0.15) is 0 Å². The number of nitrogens with zero attached hydrogens (tertiary/aromatic N) is 2. The molecule has 2 amide bonds. The van der Waals surface area contributed by atoms with Crippen LogP contribution < -0.4 is 21.0 Å². The Morgan fingerprint density at radius 3 is 2.52 bits per heavy atom. The molecule has 1 radical (unpaired) electrons. The largest absolute Gasteiger partial charge is 0.369 e. The lowest BCUT2D eigenvalue weighted by molar-refractivity contribution is -0.117. The van der Waals surface area contributed by atoms with Gasteiger partial charge in [0.25, 0.3) is 5.91 Å². The fourth-order valence-corrected chi connectivity index (χ4v) is 4.17. The summed E-state index contributed by atoms with van der Waals surface area (Å²) in [6.45, 7) is 7.70. The van der Waals surface area contributed by atoms with E-state index in [2.05, 4.69) is 34.8 Å². The highest BCUT2D eigenvalue weighted by atomic mass is 35.5. The van der Waals surface area contributed by atoms with Crippen LogP contribution in [0.4, 0.5) is 11.4 Å². The van der Waals surface area contributed by atoms with E-state index >= 15 is 0 Å². The Hall–Kier alpha value is -2.03. The second-order valence-electron chi connectivity index (χ2n) is 7.14. The van der Waals surface area contributed by atoms with Gasteiger partial charge in [-0.15, -0.1) is 11.3 Å². The number of rotatable bonds is 6. The molecule has 0 aliphatic carbocycles. The van der Waals surface area contributed by atoms with Crippen molar-refractivity contribution in [2.45, 2.75) is 19.8 Å². The molecule has 1 saturated heterocycles. The maximum Gasteiger partial charge on any atom is 0.262 e. The lowest BCUT2D eigenvalue weighted by atomic mass is 9.72. The third kappa shape index (κ3) is 5.53. The van der Waals surface area contributed by atoms with Crippen molar-refractivity contribution in [3.8, 4) is 0 Å². The summed E-state index contributed by atoms with van der Waals surface area (Å²) in [5.41, 5.74) is 2.97. The zero-order chi connectivity index (χ0) is 21.0. The highest BCUT2D eigenvalue weighted by molar-refractivity contribution is 7.18. The standard InChI is InChI=1S/C20H25BClN4O2S/c1-13(23-20(28)17-6-7-18(22)29-17)19(27)24-14-4-5-16(15(12-14)21-2)26-10-8-25(3)9-11-26/h4-7,12-13H,8-11H2,1-3H3,(H,23,28)(H,24,27). The number of anilines is 2. The first kappa shape index (κ1) is 21.7. The lowest BCUT2D eigenvalue weighted by Crippen LogP contribution is -2.46. The highest BCUT2D eigenvalue weighted by Crippen LogP contribution is 2.21. The molecular formula is C20H25BClN4O2S. The van der Waals surface area contributed by atoms with Crippen LogP contribution >= 0.6 is 22.9 Å². The number of hydrogen-bond acceptors (Lipinski definition) is 5. The van der Waals surface area contributed by atoms with E-state index in [0.717, 1.165) is 31.6 Å². The predicted molar refractivity (Wildman–Crippen MR) is 122 cm³/mol. The number of nitrogens with one attached hydrogen (secondary N) is 2. The zero-order valence-corrected chi connectivity index (χ0v) is 18.4. The van der Waals surface area contributed by atoms with E-state index in [-0.39, 0.29) is 11.8 Å². The van der Waals surface area contributed by atoms with Crippen molar-refractivity contribution in [3.05, 3.63) is 39.5 Å². The van der Waals surface area contributed by atoms with Crippen LogP contribution in [0.3, 0.4) is 0 Å². The summed E-state index contributed by atoms with van der Waals surface area (Å²) < 4.78 is 0.538. The number of thiophene rings is 1. The summed E-state index contributed by atoms with van der Waals surface area (Å²) in [5.74, 6) is -0.576. The van der Waals surface area contributed by atoms with Gasteiger partial charge in [0.1, 0.15) is 6.04 Å². The molecule has 1 unspecified atom stereocenters. The second kappa shape index (κ2) is 9.65. The quantitative estimate of drug-likeness (QED) is 0.689.